The van der Waals surface area contributed by atoms with E-state index in [0.29, 0.717) is 24.1 Å². The number of hydrogen-bond donors (Lipinski definition) is 1. The van der Waals surface area contributed by atoms with Crippen molar-refractivity contribution in [2.24, 2.45) is 0 Å². The highest BCUT2D eigenvalue weighted by Crippen LogP contribution is 2.23. The van der Waals surface area contributed by atoms with E-state index in [1.54, 1.807) is 37.6 Å². The van der Waals surface area contributed by atoms with Crippen LogP contribution in [-0.4, -0.2) is 40.3 Å². The molecule has 1 aromatic heterocycles. The summed E-state index contributed by atoms with van der Waals surface area (Å²) >= 11 is 0. The number of carbonyl (C=O) groups is 2. The Labute approximate surface area is 150 Å². The second-order valence-electron chi connectivity index (χ2n) is 6.04. The second kappa shape index (κ2) is 6.48. The third kappa shape index (κ3) is 2.75. The SMILES string of the molecule is COc1ccc(-c2ncc(CCN3C(=O)c4ccccc4C3=O)[nH]2)cc1. The average Bonchev–Trinajstić information content (AvgIpc) is 3.25. The van der Waals surface area contributed by atoms with Crippen LogP contribution in [0, 0.1) is 0 Å². The van der Waals surface area contributed by atoms with Crippen LogP contribution in [0.2, 0.25) is 0 Å². The molecular formula is C20H17N3O3. The van der Waals surface area contributed by atoms with Gasteiger partial charge in [-0.15, -0.1) is 0 Å². The summed E-state index contributed by atoms with van der Waals surface area (Å²) in [5.41, 5.74) is 2.76. The first-order valence-electron chi connectivity index (χ1n) is 8.31. The fraction of sp³-hybridized carbons (Fsp3) is 0.150. The summed E-state index contributed by atoms with van der Waals surface area (Å²) in [6, 6.07) is 14.5. The molecule has 6 nitrogen and oxygen atoms in total. The Hall–Kier alpha value is -3.41. The molecule has 6 heteroatoms. The average molecular weight is 347 g/mol. The number of nitrogens with zero attached hydrogens (tertiary/aromatic N) is 2. The van der Waals surface area contributed by atoms with Gasteiger partial charge in [-0.3, -0.25) is 14.5 Å². The molecule has 1 aliphatic heterocycles. The van der Waals surface area contributed by atoms with E-state index in [0.717, 1.165) is 22.8 Å². The Morgan fingerprint density at radius 2 is 1.65 bits per heavy atom. The first-order chi connectivity index (χ1) is 12.7. The third-order valence-corrected chi connectivity index (χ3v) is 4.47. The number of rotatable bonds is 5. The van der Waals surface area contributed by atoms with Crippen LogP contribution in [0.3, 0.4) is 0 Å². The van der Waals surface area contributed by atoms with E-state index in [9.17, 15) is 9.59 Å². The number of aromatic nitrogens is 2. The van der Waals surface area contributed by atoms with Crippen molar-refractivity contribution in [3.05, 3.63) is 71.5 Å². The molecule has 0 aliphatic carbocycles. The number of hydrogen-bond acceptors (Lipinski definition) is 4. The molecular weight excluding hydrogens is 330 g/mol. The lowest BCUT2D eigenvalue weighted by Gasteiger charge is -2.12. The maximum atomic E-state index is 12.4. The Balaban J connectivity index is 1.45. The number of carbonyl (C=O) groups excluding carboxylic acids is 2. The van der Waals surface area contributed by atoms with E-state index in [1.165, 1.54) is 4.90 Å². The molecule has 0 bridgehead atoms. The third-order valence-electron chi connectivity index (χ3n) is 4.47. The van der Waals surface area contributed by atoms with Crippen LogP contribution in [0.4, 0.5) is 0 Å². The number of amides is 2. The Morgan fingerprint density at radius 1 is 1.00 bits per heavy atom. The van der Waals surface area contributed by atoms with Gasteiger partial charge in [0.2, 0.25) is 0 Å². The monoisotopic (exact) mass is 347 g/mol. The Kier molecular flexibility index (Phi) is 4.01. The van der Waals surface area contributed by atoms with E-state index in [4.69, 9.17) is 4.74 Å². The van der Waals surface area contributed by atoms with Gasteiger partial charge in [0, 0.05) is 30.4 Å². The summed E-state index contributed by atoms with van der Waals surface area (Å²) in [7, 11) is 1.62. The minimum Gasteiger partial charge on any atom is -0.497 e. The highest BCUT2D eigenvalue weighted by Gasteiger charge is 2.34. The molecule has 0 radical (unpaired) electrons. The number of aromatic amines is 1. The minimum absolute atomic E-state index is 0.236. The van der Waals surface area contributed by atoms with Gasteiger partial charge in [0.15, 0.2) is 0 Å². The predicted octanol–water partition coefficient (Wildman–Crippen LogP) is 2.92. The van der Waals surface area contributed by atoms with Gasteiger partial charge in [0.25, 0.3) is 11.8 Å². The molecule has 1 N–H and O–H groups in total. The number of fused-ring (bicyclic) bond motifs is 1. The van der Waals surface area contributed by atoms with Crippen LogP contribution in [-0.2, 0) is 6.42 Å². The van der Waals surface area contributed by atoms with Gasteiger partial charge in [-0.2, -0.15) is 0 Å². The van der Waals surface area contributed by atoms with Gasteiger partial charge in [0.1, 0.15) is 11.6 Å². The van der Waals surface area contributed by atoms with Crippen molar-refractivity contribution < 1.29 is 14.3 Å². The lowest BCUT2D eigenvalue weighted by molar-refractivity contribution is 0.0656. The lowest BCUT2D eigenvalue weighted by atomic mass is 10.1. The van der Waals surface area contributed by atoms with Crippen LogP contribution >= 0.6 is 0 Å². The van der Waals surface area contributed by atoms with Crippen molar-refractivity contribution in [2.75, 3.05) is 13.7 Å². The zero-order chi connectivity index (χ0) is 18.1. The number of ether oxygens (including phenoxy) is 1. The second-order valence-corrected chi connectivity index (χ2v) is 6.04. The topological polar surface area (TPSA) is 75.3 Å². The van der Waals surface area contributed by atoms with Crippen LogP contribution in [0.5, 0.6) is 5.75 Å². The number of nitrogens with one attached hydrogen (secondary N) is 1. The van der Waals surface area contributed by atoms with E-state index in [1.807, 2.05) is 24.3 Å². The zero-order valence-corrected chi connectivity index (χ0v) is 14.2. The molecule has 0 saturated carbocycles. The molecule has 2 heterocycles. The molecule has 1 aliphatic rings. The predicted molar refractivity (Wildman–Crippen MR) is 96.1 cm³/mol. The molecule has 0 unspecified atom stereocenters. The fourth-order valence-electron chi connectivity index (χ4n) is 3.06. The molecule has 0 spiro atoms. The first kappa shape index (κ1) is 16.1. The number of imidazole rings is 1. The number of imide groups is 1. The van der Waals surface area contributed by atoms with Crippen molar-refractivity contribution in [1.29, 1.82) is 0 Å². The van der Waals surface area contributed by atoms with Crippen molar-refractivity contribution >= 4 is 11.8 Å². The number of H-pyrrole nitrogens is 1. The highest BCUT2D eigenvalue weighted by molar-refractivity contribution is 6.21. The van der Waals surface area contributed by atoms with Gasteiger partial charge in [-0.25, -0.2) is 4.98 Å². The van der Waals surface area contributed by atoms with Gasteiger partial charge in [-0.05, 0) is 36.4 Å². The molecule has 4 rings (SSSR count). The van der Waals surface area contributed by atoms with Gasteiger partial charge in [0.05, 0.1) is 18.2 Å². The van der Waals surface area contributed by atoms with Gasteiger partial charge in [-0.1, -0.05) is 12.1 Å². The van der Waals surface area contributed by atoms with Crippen LogP contribution in [0.15, 0.2) is 54.7 Å². The number of methoxy groups -OCH3 is 1. The highest BCUT2D eigenvalue weighted by atomic mass is 16.5. The molecule has 2 amide bonds. The summed E-state index contributed by atoms with van der Waals surface area (Å²) in [4.78, 5) is 33.7. The van der Waals surface area contributed by atoms with Crippen LogP contribution in [0.25, 0.3) is 11.4 Å². The first-order valence-corrected chi connectivity index (χ1v) is 8.31. The van der Waals surface area contributed by atoms with E-state index in [2.05, 4.69) is 9.97 Å². The van der Waals surface area contributed by atoms with Crippen molar-refractivity contribution in [3.8, 4) is 17.1 Å². The summed E-state index contributed by atoms with van der Waals surface area (Å²) in [6.07, 6.45) is 2.26. The normalized spacial score (nSPS) is 13.2. The quantitative estimate of drug-likeness (QED) is 0.720. The zero-order valence-electron chi connectivity index (χ0n) is 14.2. The summed E-state index contributed by atoms with van der Waals surface area (Å²) in [6.45, 7) is 0.316. The van der Waals surface area contributed by atoms with Crippen molar-refractivity contribution in [2.45, 2.75) is 6.42 Å². The molecule has 26 heavy (non-hydrogen) atoms. The maximum Gasteiger partial charge on any atom is 0.261 e. The fourth-order valence-corrected chi connectivity index (χ4v) is 3.06. The molecule has 3 aromatic rings. The summed E-state index contributed by atoms with van der Waals surface area (Å²) in [5, 5.41) is 0. The lowest BCUT2D eigenvalue weighted by Crippen LogP contribution is -2.31. The van der Waals surface area contributed by atoms with E-state index >= 15 is 0 Å². The minimum atomic E-state index is -0.236. The smallest absolute Gasteiger partial charge is 0.261 e. The maximum absolute atomic E-state index is 12.4. The van der Waals surface area contributed by atoms with Crippen LogP contribution < -0.4 is 4.74 Å². The van der Waals surface area contributed by atoms with Gasteiger partial charge >= 0.3 is 0 Å². The van der Waals surface area contributed by atoms with Crippen molar-refractivity contribution in [1.82, 2.24) is 14.9 Å². The Bertz CT molecular complexity index is 941. The molecule has 130 valence electrons. The molecule has 0 saturated heterocycles. The molecule has 0 atom stereocenters. The summed E-state index contributed by atoms with van der Waals surface area (Å²) in [5.74, 6) is 1.05. The van der Waals surface area contributed by atoms with Crippen molar-refractivity contribution in [3.63, 3.8) is 0 Å². The van der Waals surface area contributed by atoms with E-state index in [-0.39, 0.29) is 11.8 Å². The molecule has 2 aromatic carbocycles. The van der Waals surface area contributed by atoms with Gasteiger partial charge < -0.3 is 9.72 Å². The van der Waals surface area contributed by atoms with Crippen LogP contribution in [0.1, 0.15) is 26.4 Å². The van der Waals surface area contributed by atoms with E-state index < -0.39 is 0 Å². The standard InChI is InChI=1S/C20H17N3O3/c1-26-15-8-6-13(7-9-15)18-21-12-14(22-18)10-11-23-19(24)16-4-2-3-5-17(16)20(23)25/h2-9,12H,10-11H2,1H3,(H,21,22). The Morgan fingerprint density at radius 3 is 2.27 bits per heavy atom. The molecule has 0 fully saturated rings. The largest absolute Gasteiger partial charge is 0.497 e. The summed E-state index contributed by atoms with van der Waals surface area (Å²) < 4.78 is 5.15. The number of benzene rings is 2.